The van der Waals surface area contributed by atoms with Crippen LogP contribution in [0.5, 0.6) is 0 Å². The van der Waals surface area contributed by atoms with Gasteiger partial charge in [0.25, 0.3) is 0 Å². The van der Waals surface area contributed by atoms with Crippen molar-refractivity contribution in [3.8, 4) is 0 Å². The largest absolute Gasteiger partial charge is 0.464 e. The molecule has 13 heavy (non-hydrogen) atoms. The maximum absolute atomic E-state index is 9.42. The van der Waals surface area contributed by atoms with Crippen molar-refractivity contribution < 1.29 is 9.52 Å². The average Bonchev–Trinajstić information content (AvgIpc) is 2.49. The number of fused-ring (bicyclic) bond motifs is 1. The molecule has 2 rings (SSSR count). The van der Waals surface area contributed by atoms with Gasteiger partial charge in [-0.15, -0.1) is 0 Å². The summed E-state index contributed by atoms with van der Waals surface area (Å²) in [6, 6.07) is 5.43. The van der Waals surface area contributed by atoms with E-state index in [9.17, 15) is 5.11 Å². The van der Waals surface area contributed by atoms with E-state index in [-0.39, 0.29) is 0 Å². The lowest BCUT2D eigenvalue weighted by Gasteiger charge is -2.00. The lowest BCUT2D eigenvalue weighted by Crippen LogP contribution is -1.88. The number of benzene rings is 1. The number of furan rings is 1. The molecule has 0 aliphatic carbocycles. The normalized spacial score (nSPS) is 13.5. The molecule has 3 heteroatoms. The molecule has 2 nitrogen and oxygen atoms in total. The molecule has 1 heterocycles. The third-order valence-electron chi connectivity index (χ3n) is 2.03. The fourth-order valence-electron chi connectivity index (χ4n) is 1.38. The van der Waals surface area contributed by atoms with Crippen LogP contribution in [0.1, 0.15) is 18.6 Å². The molecule has 0 amide bonds. The van der Waals surface area contributed by atoms with Crippen molar-refractivity contribution in [2.75, 3.05) is 0 Å². The van der Waals surface area contributed by atoms with Crippen LogP contribution >= 0.6 is 11.6 Å². The number of rotatable bonds is 1. The topological polar surface area (TPSA) is 33.4 Å². The van der Waals surface area contributed by atoms with Crippen LogP contribution in [0.3, 0.4) is 0 Å². The van der Waals surface area contributed by atoms with E-state index in [1.165, 1.54) is 0 Å². The first-order valence-corrected chi connectivity index (χ1v) is 4.41. The summed E-state index contributed by atoms with van der Waals surface area (Å²) in [5, 5.41) is 10.8. The molecular weight excluding hydrogens is 188 g/mol. The summed E-state index contributed by atoms with van der Waals surface area (Å²) in [5.74, 6) is 0. The van der Waals surface area contributed by atoms with E-state index in [0.717, 1.165) is 10.9 Å². The molecule has 1 unspecified atom stereocenters. The molecule has 68 valence electrons. The van der Waals surface area contributed by atoms with Crippen LogP contribution in [-0.2, 0) is 0 Å². The maximum Gasteiger partial charge on any atom is 0.135 e. The number of hydrogen-bond acceptors (Lipinski definition) is 2. The second kappa shape index (κ2) is 3.05. The summed E-state index contributed by atoms with van der Waals surface area (Å²) < 4.78 is 5.25. The molecule has 0 aliphatic rings. The van der Waals surface area contributed by atoms with Gasteiger partial charge in [-0.2, -0.15) is 0 Å². The Morgan fingerprint density at radius 1 is 1.46 bits per heavy atom. The SMILES string of the molecule is CC(O)c1coc2cccc(Cl)c12. The van der Waals surface area contributed by atoms with E-state index in [1.54, 1.807) is 19.3 Å². The fourth-order valence-corrected chi connectivity index (χ4v) is 1.65. The minimum absolute atomic E-state index is 0.554. The Balaban J connectivity index is 2.79. The molecule has 0 saturated carbocycles. The second-order valence-electron chi connectivity index (χ2n) is 2.98. The standard InChI is InChI=1S/C10H9ClO2/c1-6(12)7-5-13-9-4-2-3-8(11)10(7)9/h2-6,12H,1H3. The average molecular weight is 197 g/mol. The van der Waals surface area contributed by atoms with Gasteiger partial charge in [0, 0.05) is 10.9 Å². The van der Waals surface area contributed by atoms with Crippen molar-refractivity contribution in [1.82, 2.24) is 0 Å². The van der Waals surface area contributed by atoms with Gasteiger partial charge in [0.05, 0.1) is 17.4 Å². The molecular formula is C10H9ClO2. The van der Waals surface area contributed by atoms with Gasteiger partial charge >= 0.3 is 0 Å². The minimum Gasteiger partial charge on any atom is -0.464 e. The Hall–Kier alpha value is -0.990. The Kier molecular flexibility index (Phi) is 2.02. The van der Waals surface area contributed by atoms with E-state index in [4.69, 9.17) is 16.0 Å². The van der Waals surface area contributed by atoms with Crippen LogP contribution in [0.15, 0.2) is 28.9 Å². The highest BCUT2D eigenvalue weighted by Crippen LogP contribution is 2.31. The lowest BCUT2D eigenvalue weighted by atomic mass is 10.1. The van der Waals surface area contributed by atoms with Gasteiger partial charge in [-0.1, -0.05) is 17.7 Å². The Bertz CT molecular complexity index is 431. The quantitative estimate of drug-likeness (QED) is 0.760. The molecule has 1 N–H and O–H groups in total. The molecule has 1 aromatic heterocycles. The molecule has 1 atom stereocenters. The first-order valence-electron chi connectivity index (χ1n) is 4.04. The summed E-state index contributed by atoms with van der Waals surface area (Å²) in [6.07, 6.45) is 0.988. The fraction of sp³-hybridized carbons (Fsp3) is 0.200. The number of aliphatic hydroxyl groups is 1. The highest BCUT2D eigenvalue weighted by atomic mass is 35.5. The highest BCUT2D eigenvalue weighted by Gasteiger charge is 2.12. The monoisotopic (exact) mass is 196 g/mol. The molecule has 0 bridgehead atoms. The van der Waals surface area contributed by atoms with Gasteiger partial charge in [0.1, 0.15) is 5.58 Å². The van der Waals surface area contributed by atoms with Crippen LogP contribution in [0.25, 0.3) is 11.0 Å². The van der Waals surface area contributed by atoms with E-state index in [0.29, 0.717) is 10.6 Å². The summed E-state index contributed by atoms with van der Waals surface area (Å²) in [5.41, 5.74) is 1.45. The second-order valence-corrected chi connectivity index (χ2v) is 3.39. The summed E-state index contributed by atoms with van der Waals surface area (Å²) >= 11 is 5.98. The lowest BCUT2D eigenvalue weighted by molar-refractivity contribution is 0.199. The zero-order valence-electron chi connectivity index (χ0n) is 7.12. The molecule has 0 saturated heterocycles. The first-order chi connectivity index (χ1) is 6.20. The van der Waals surface area contributed by atoms with Gasteiger partial charge < -0.3 is 9.52 Å². The van der Waals surface area contributed by atoms with Crippen LogP contribution in [0.2, 0.25) is 5.02 Å². The molecule has 0 spiro atoms. The van der Waals surface area contributed by atoms with Gasteiger partial charge in [-0.3, -0.25) is 0 Å². The van der Waals surface area contributed by atoms with Gasteiger partial charge in [0.2, 0.25) is 0 Å². The van der Waals surface area contributed by atoms with Crippen LogP contribution < -0.4 is 0 Å². The molecule has 2 aromatic rings. The van der Waals surface area contributed by atoms with Crippen molar-refractivity contribution in [2.24, 2.45) is 0 Å². The van der Waals surface area contributed by atoms with Gasteiger partial charge in [-0.25, -0.2) is 0 Å². The van der Waals surface area contributed by atoms with Crippen molar-refractivity contribution in [3.63, 3.8) is 0 Å². The van der Waals surface area contributed by atoms with E-state index < -0.39 is 6.10 Å². The summed E-state index contributed by atoms with van der Waals surface area (Å²) in [6.45, 7) is 1.69. The maximum atomic E-state index is 9.42. The summed E-state index contributed by atoms with van der Waals surface area (Å²) in [4.78, 5) is 0. The molecule has 1 aromatic carbocycles. The van der Waals surface area contributed by atoms with E-state index in [2.05, 4.69) is 0 Å². The Labute approximate surface area is 80.7 Å². The van der Waals surface area contributed by atoms with Crippen molar-refractivity contribution in [3.05, 3.63) is 35.0 Å². The van der Waals surface area contributed by atoms with E-state index >= 15 is 0 Å². The third-order valence-corrected chi connectivity index (χ3v) is 2.34. The molecule has 0 fully saturated rings. The van der Waals surface area contributed by atoms with E-state index in [1.807, 2.05) is 12.1 Å². The zero-order valence-corrected chi connectivity index (χ0v) is 7.88. The summed E-state index contributed by atoms with van der Waals surface area (Å²) in [7, 11) is 0. The highest BCUT2D eigenvalue weighted by molar-refractivity contribution is 6.35. The van der Waals surface area contributed by atoms with Crippen LogP contribution in [0.4, 0.5) is 0 Å². The molecule has 0 radical (unpaired) electrons. The predicted octanol–water partition coefficient (Wildman–Crippen LogP) is 3.14. The Morgan fingerprint density at radius 3 is 2.92 bits per heavy atom. The Morgan fingerprint density at radius 2 is 2.23 bits per heavy atom. The number of hydrogen-bond donors (Lipinski definition) is 1. The van der Waals surface area contributed by atoms with Crippen molar-refractivity contribution in [2.45, 2.75) is 13.0 Å². The van der Waals surface area contributed by atoms with Crippen LogP contribution in [-0.4, -0.2) is 5.11 Å². The number of aliphatic hydroxyl groups excluding tert-OH is 1. The van der Waals surface area contributed by atoms with Gasteiger partial charge in [-0.05, 0) is 19.1 Å². The van der Waals surface area contributed by atoms with Crippen molar-refractivity contribution in [1.29, 1.82) is 0 Å². The minimum atomic E-state index is -0.554. The van der Waals surface area contributed by atoms with Gasteiger partial charge in [0.15, 0.2) is 0 Å². The smallest absolute Gasteiger partial charge is 0.135 e. The first kappa shape index (κ1) is 8.60. The number of halogens is 1. The zero-order chi connectivity index (χ0) is 9.42. The van der Waals surface area contributed by atoms with Crippen molar-refractivity contribution >= 4 is 22.6 Å². The molecule has 0 aliphatic heterocycles. The van der Waals surface area contributed by atoms with Crippen LogP contribution in [0, 0.1) is 0 Å². The third kappa shape index (κ3) is 1.32. The predicted molar refractivity (Wildman–Crippen MR) is 51.9 cm³/mol.